The lowest BCUT2D eigenvalue weighted by molar-refractivity contribution is -0.148. The predicted molar refractivity (Wildman–Crippen MR) is 66.1 cm³/mol. The zero-order valence-corrected chi connectivity index (χ0v) is 10.9. The van der Waals surface area contributed by atoms with E-state index in [0.29, 0.717) is 32.5 Å². The van der Waals surface area contributed by atoms with Gasteiger partial charge in [-0.05, 0) is 12.3 Å². The maximum atomic E-state index is 12.0. The summed E-state index contributed by atoms with van der Waals surface area (Å²) in [5.41, 5.74) is 0. The molecule has 1 aliphatic rings. The monoisotopic (exact) mass is 266 g/mol. The molecule has 7 nitrogen and oxygen atoms in total. The molecular formula is C12H18N4O3. The molecule has 2 atom stereocenters. The first-order valence-electron chi connectivity index (χ1n) is 6.42. The molecule has 2 rings (SSSR count). The van der Waals surface area contributed by atoms with Crippen molar-refractivity contribution in [3.8, 4) is 0 Å². The number of carbonyl (C=O) groups is 2. The second-order valence-electron chi connectivity index (χ2n) is 4.97. The summed E-state index contributed by atoms with van der Waals surface area (Å²) in [5, 5.41) is 16.5. The Hall–Kier alpha value is -1.92. The van der Waals surface area contributed by atoms with Crippen molar-refractivity contribution in [2.24, 2.45) is 11.8 Å². The van der Waals surface area contributed by atoms with Crippen LogP contribution in [0.1, 0.15) is 19.8 Å². The van der Waals surface area contributed by atoms with Crippen molar-refractivity contribution >= 4 is 11.9 Å². The zero-order valence-electron chi connectivity index (χ0n) is 10.9. The summed E-state index contributed by atoms with van der Waals surface area (Å²) in [6, 6.07) is 0. The normalized spacial score (nSPS) is 23.3. The molecule has 1 amide bonds. The highest BCUT2D eigenvalue weighted by Crippen LogP contribution is 2.23. The van der Waals surface area contributed by atoms with Crippen LogP contribution in [-0.4, -0.2) is 50.0 Å². The number of nitrogens with zero attached hydrogens (tertiary/aromatic N) is 4. The van der Waals surface area contributed by atoms with Gasteiger partial charge in [-0.2, -0.15) is 0 Å². The number of carbonyl (C=O) groups excluding carboxylic acids is 1. The van der Waals surface area contributed by atoms with Gasteiger partial charge in [0.2, 0.25) is 5.91 Å². The molecule has 0 aromatic carbocycles. The van der Waals surface area contributed by atoms with E-state index < -0.39 is 5.97 Å². The summed E-state index contributed by atoms with van der Waals surface area (Å²) in [6.07, 6.45) is 4.19. The van der Waals surface area contributed by atoms with Crippen LogP contribution < -0.4 is 0 Å². The first-order chi connectivity index (χ1) is 9.08. The highest BCUT2D eigenvalue weighted by Gasteiger charge is 2.32. The lowest BCUT2D eigenvalue weighted by atomic mass is 9.87. The molecule has 1 fully saturated rings. The largest absolute Gasteiger partial charge is 0.481 e. The fraction of sp³-hybridized carbons (Fsp3) is 0.667. The van der Waals surface area contributed by atoms with Crippen LogP contribution in [0.3, 0.4) is 0 Å². The van der Waals surface area contributed by atoms with Gasteiger partial charge >= 0.3 is 5.97 Å². The second kappa shape index (κ2) is 5.81. The van der Waals surface area contributed by atoms with Crippen LogP contribution in [0.25, 0.3) is 0 Å². The molecule has 0 radical (unpaired) electrons. The Balaban J connectivity index is 1.82. The summed E-state index contributed by atoms with van der Waals surface area (Å²) >= 11 is 0. The predicted octanol–water partition coefficient (Wildman–Crippen LogP) is 0.237. The van der Waals surface area contributed by atoms with E-state index in [-0.39, 0.29) is 17.7 Å². The van der Waals surface area contributed by atoms with Gasteiger partial charge in [-0.3, -0.25) is 14.3 Å². The Morgan fingerprint density at radius 1 is 1.47 bits per heavy atom. The number of piperidine rings is 1. The van der Waals surface area contributed by atoms with Crippen molar-refractivity contribution in [1.82, 2.24) is 19.9 Å². The van der Waals surface area contributed by atoms with Crippen molar-refractivity contribution in [2.45, 2.75) is 26.3 Å². The zero-order chi connectivity index (χ0) is 13.8. The third kappa shape index (κ3) is 3.30. The molecule has 1 saturated heterocycles. The molecule has 1 aromatic heterocycles. The lowest BCUT2D eigenvalue weighted by Crippen LogP contribution is -2.45. The van der Waals surface area contributed by atoms with Crippen molar-refractivity contribution in [3.63, 3.8) is 0 Å². The van der Waals surface area contributed by atoms with Crippen LogP contribution in [0.5, 0.6) is 0 Å². The molecule has 2 heterocycles. The summed E-state index contributed by atoms with van der Waals surface area (Å²) in [5.74, 6) is -1.05. The summed E-state index contributed by atoms with van der Waals surface area (Å²) in [7, 11) is 0. The number of rotatable bonds is 4. The minimum Gasteiger partial charge on any atom is -0.481 e. The number of carboxylic acids is 1. The van der Waals surface area contributed by atoms with Crippen molar-refractivity contribution < 1.29 is 14.7 Å². The van der Waals surface area contributed by atoms with Gasteiger partial charge in [-0.15, -0.1) is 5.10 Å². The van der Waals surface area contributed by atoms with Crippen LogP contribution in [0.2, 0.25) is 0 Å². The van der Waals surface area contributed by atoms with Crippen LogP contribution >= 0.6 is 0 Å². The summed E-state index contributed by atoms with van der Waals surface area (Å²) < 4.78 is 1.62. The van der Waals surface area contributed by atoms with Crippen LogP contribution in [0, 0.1) is 11.8 Å². The van der Waals surface area contributed by atoms with Crippen LogP contribution in [0.15, 0.2) is 12.4 Å². The topological polar surface area (TPSA) is 88.3 Å². The van der Waals surface area contributed by atoms with Crippen molar-refractivity contribution in [3.05, 3.63) is 12.4 Å². The second-order valence-corrected chi connectivity index (χ2v) is 4.97. The van der Waals surface area contributed by atoms with Gasteiger partial charge in [0.1, 0.15) is 0 Å². The van der Waals surface area contributed by atoms with Gasteiger partial charge < -0.3 is 10.0 Å². The fourth-order valence-electron chi connectivity index (χ4n) is 2.46. The molecule has 1 N–H and O–H groups in total. The first-order valence-corrected chi connectivity index (χ1v) is 6.42. The summed E-state index contributed by atoms with van der Waals surface area (Å²) in [4.78, 5) is 24.8. The van der Waals surface area contributed by atoms with Gasteiger partial charge in [0, 0.05) is 25.7 Å². The number of likely N-dealkylation sites (tertiary alicyclic amines) is 1. The van der Waals surface area contributed by atoms with Crippen molar-refractivity contribution in [2.75, 3.05) is 13.1 Å². The Morgan fingerprint density at radius 2 is 2.26 bits per heavy atom. The number of carboxylic acid groups (broad SMARTS) is 1. The van der Waals surface area contributed by atoms with E-state index in [1.54, 1.807) is 22.0 Å². The third-order valence-corrected chi connectivity index (χ3v) is 3.60. The number of aromatic nitrogens is 3. The number of amides is 1. The average Bonchev–Trinajstić information content (AvgIpc) is 2.88. The van der Waals surface area contributed by atoms with E-state index >= 15 is 0 Å². The molecule has 104 valence electrons. The Kier molecular flexibility index (Phi) is 4.13. The third-order valence-electron chi connectivity index (χ3n) is 3.60. The van der Waals surface area contributed by atoms with E-state index in [2.05, 4.69) is 10.3 Å². The summed E-state index contributed by atoms with van der Waals surface area (Å²) in [6.45, 7) is 3.44. The lowest BCUT2D eigenvalue weighted by Gasteiger charge is -2.35. The van der Waals surface area contributed by atoms with E-state index in [0.717, 1.165) is 0 Å². The standard InChI is InChI=1S/C12H18N4O3/c1-9-8-15(5-2-10(9)12(18)19)11(17)3-6-16-7-4-13-14-16/h4,7,9-10H,2-3,5-6,8H2,1H3,(H,18,19). The molecule has 7 heteroatoms. The Bertz CT molecular complexity index is 446. The minimum atomic E-state index is -0.762. The molecule has 0 spiro atoms. The smallest absolute Gasteiger partial charge is 0.306 e. The molecular weight excluding hydrogens is 248 g/mol. The van der Waals surface area contributed by atoms with Gasteiger partial charge in [-0.1, -0.05) is 12.1 Å². The molecule has 0 bridgehead atoms. The molecule has 0 saturated carbocycles. The number of aliphatic carboxylic acids is 1. The first kappa shape index (κ1) is 13.5. The van der Waals surface area contributed by atoms with Crippen LogP contribution in [-0.2, 0) is 16.1 Å². The van der Waals surface area contributed by atoms with Gasteiger partial charge in [0.15, 0.2) is 0 Å². The van der Waals surface area contributed by atoms with Gasteiger partial charge in [0.05, 0.1) is 18.7 Å². The highest BCUT2D eigenvalue weighted by molar-refractivity contribution is 5.77. The molecule has 0 aliphatic carbocycles. The quantitative estimate of drug-likeness (QED) is 0.843. The van der Waals surface area contributed by atoms with E-state index in [9.17, 15) is 9.59 Å². The minimum absolute atomic E-state index is 0.00145. The Labute approximate surface area is 111 Å². The van der Waals surface area contributed by atoms with E-state index in [1.807, 2.05) is 6.92 Å². The number of hydrogen-bond donors (Lipinski definition) is 1. The SMILES string of the molecule is CC1CN(C(=O)CCn2ccnn2)CCC1C(=O)O. The van der Waals surface area contributed by atoms with E-state index in [4.69, 9.17) is 5.11 Å². The van der Waals surface area contributed by atoms with E-state index in [1.165, 1.54) is 0 Å². The molecule has 1 aromatic rings. The van der Waals surface area contributed by atoms with Gasteiger partial charge in [-0.25, -0.2) is 0 Å². The molecule has 19 heavy (non-hydrogen) atoms. The maximum Gasteiger partial charge on any atom is 0.306 e. The maximum absolute atomic E-state index is 12.0. The Morgan fingerprint density at radius 3 is 2.84 bits per heavy atom. The van der Waals surface area contributed by atoms with Gasteiger partial charge in [0.25, 0.3) is 0 Å². The number of aryl methyl sites for hydroxylation is 1. The molecule has 2 unspecified atom stereocenters. The highest BCUT2D eigenvalue weighted by atomic mass is 16.4. The molecule has 1 aliphatic heterocycles. The average molecular weight is 266 g/mol. The number of hydrogen-bond acceptors (Lipinski definition) is 4. The van der Waals surface area contributed by atoms with Crippen LogP contribution in [0.4, 0.5) is 0 Å². The fourth-order valence-corrected chi connectivity index (χ4v) is 2.46. The van der Waals surface area contributed by atoms with Crippen molar-refractivity contribution in [1.29, 1.82) is 0 Å².